The van der Waals surface area contributed by atoms with Crippen LogP contribution >= 0.6 is 27.5 Å². The van der Waals surface area contributed by atoms with Crippen molar-refractivity contribution in [1.29, 1.82) is 5.26 Å². The number of hydrogen-bond acceptors (Lipinski definition) is 6. The van der Waals surface area contributed by atoms with Gasteiger partial charge in [0.1, 0.15) is 17.9 Å². The smallest absolute Gasteiger partial charge is 0.282 e. The maximum atomic E-state index is 13.6. The summed E-state index contributed by atoms with van der Waals surface area (Å²) < 4.78 is 14.2. The number of aromatic nitrogens is 2. The highest BCUT2D eigenvalue weighted by Crippen LogP contribution is 2.29. The minimum absolute atomic E-state index is 0.170. The number of benzene rings is 4. The molecule has 0 aliphatic heterocycles. The van der Waals surface area contributed by atoms with Crippen LogP contribution in [0.5, 0.6) is 5.75 Å². The van der Waals surface area contributed by atoms with Crippen molar-refractivity contribution in [3.05, 3.63) is 128 Å². The van der Waals surface area contributed by atoms with Crippen LogP contribution in [0.3, 0.4) is 0 Å². The van der Waals surface area contributed by atoms with Crippen molar-refractivity contribution in [1.82, 2.24) is 9.66 Å². The third-order valence-corrected chi connectivity index (χ3v) is 6.99. The SMILES string of the molecule is N#Cc1ccccc1COc1ccc(Cl)cc1C=Nn1c(-c2cc3cc(Br)ccc3o2)nc2ccccc2c1=O. The second-order valence-electron chi connectivity index (χ2n) is 8.85. The second-order valence-corrected chi connectivity index (χ2v) is 10.2. The lowest BCUT2D eigenvalue weighted by atomic mass is 10.1. The highest BCUT2D eigenvalue weighted by atomic mass is 79.9. The van der Waals surface area contributed by atoms with Gasteiger partial charge in [0.2, 0.25) is 5.82 Å². The van der Waals surface area contributed by atoms with E-state index in [1.165, 1.54) is 10.9 Å². The van der Waals surface area contributed by atoms with E-state index in [2.05, 4.69) is 27.1 Å². The van der Waals surface area contributed by atoms with Crippen LogP contribution in [0.15, 0.2) is 110 Å². The zero-order chi connectivity index (χ0) is 27.6. The van der Waals surface area contributed by atoms with Crippen LogP contribution in [-0.4, -0.2) is 15.9 Å². The zero-order valence-electron chi connectivity index (χ0n) is 20.7. The molecule has 0 atom stereocenters. The molecule has 0 spiro atoms. The van der Waals surface area contributed by atoms with Gasteiger partial charge in [-0.1, -0.05) is 57.9 Å². The molecular formula is C31H18BrClN4O3. The molecule has 0 aliphatic carbocycles. The van der Waals surface area contributed by atoms with E-state index in [0.29, 0.717) is 44.1 Å². The highest BCUT2D eigenvalue weighted by Gasteiger charge is 2.17. The van der Waals surface area contributed by atoms with Gasteiger partial charge in [0, 0.05) is 26.0 Å². The van der Waals surface area contributed by atoms with E-state index in [9.17, 15) is 10.1 Å². The molecule has 6 aromatic rings. The van der Waals surface area contributed by atoms with Crippen molar-refractivity contribution in [3.8, 4) is 23.4 Å². The van der Waals surface area contributed by atoms with Crippen LogP contribution in [0, 0.1) is 11.3 Å². The third-order valence-electron chi connectivity index (χ3n) is 6.26. The number of hydrogen-bond donors (Lipinski definition) is 0. The fourth-order valence-corrected chi connectivity index (χ4v) is 4.86. The molecule has 0 aliphatic rings. The molecule has 9 heteroatoms. The molecule has 6 rings (SSSR count). The van der Waals surface area contributed by atoms with Crippen LogP contribution < -0.4 is 10.3 Å². The van der Waals surface area contributed by atoms with E-state index >= 15 is 0 Å². The molecule has 0 bridgehead atoms. The quantitative estimate of drug-likeness (QED) is 0.182. The van der Waals surface area contributed by atoms with Gasteiger partial charge >= 0.3 is 0 Å². The summed E-state index contributed by atoms with van der Waals surface area (Å²) in [6, 6.07) is 29.1. The fourth-order valence-electron chi connectivity index (χ4n) is 4.30. The third kappa shape index (κ3) is 5.00. The van der Waals surface area contributed by atoms with E-state index in [-0.39, 0.29) is 18.0 Å². The Morgan fingerprint density at radius 3 is 2.75 bits per heavy atom. The average Bonchev–Trinajstić information content (AvgIpc) is 3.39. The normalized spacial score (nSPS) is 11.3. The first-order chi connectivity index (χ1) is 19.5. The lowest BCUT2D eigenvalue weighted by Crippen LogP contribution is -2.20. The first-order valence-electron chi connectivity index (χ1n) is 12.2. The van der Waals surface area contributed by atoms with Crippen LogP contribution in [0.1, 0.15) is 16.7 Å². The standard InChI is InChI=1S/C31H18BrClN4O3/c32-23-9-11-28-21(13-23)15-29(40-28)30-36-26-8-4-3-7-25(26)31(38)37(30)35-17-22-14-24(33)10-12-27(22)39-18-20-6-2-1-5-19(20)16-34/h1-15,17H,18H2. The van der Waals surface area contributed by atoms with Gasteiger partial charge in [-0.3, -0.25) is 4.79 Å². The predicted octanol–water partition coefficient (Wildman–Crippen LogP) is 7.56. The van der Waals surface area contributed by atoms with E-state index in [0.717, 1.165) is 15.4 Å². The Bertz CT molecular complexity index is 2040. The first kappa shape index (κ1) is 25.6. The molecule has 0 unspecified atom stereocenters. The molecule has 0 N–H and O–H groups in total. The Kier molecular flexibility index (Phi) is 6.91. The summed E-state index contributed by atoms with van der Waals surface area (Å²) in [5, 5.41) is 15.7. The summed E-state index contributed by atoms with van der Waals surface area (Å²) in [6.45, 7) is 0.170. The summed E-state index contributed by atoms with van der Waals surface area (Å²) in [5.41, 5.74) is 2.64. The van der Waals surface area contributed by atoms with Gasteiger partial charge in [0.25, 0.3) is 5.56 Å². The van der Waals surface area contributed by atoms with E-state index in [4.69, 9.17) is 25.7 Å². The molecule has 0 saturated heterocycles. The maximum absolute atomic E-state index is 13.6. The number of para-hydroxylation sites is 1. The summed E-state index contributed by atoms with van der Waals surface area (Å²) in [6.07, 6.45) is 1.50. The molecule has 40 heavy (non-hydrogen) atoms. The molecule has 0 amide bonds. The van der Waals surface area contributed by atoms with Gasteiger partial charge in [0.05, 0.1) is 28.8 Å². The Morgan fingerprint density at radius 1 is 1.05 bits per heavy atom. The van der Waals surface area contributed by atoms with Crippen molar-refractivity contribution in [2.75, 3.05) is 0 Å². The molecule has 0 radical (unpaired) electrons. The van der Waals surface area contributed by atoms with Gasteiger partial charge in [-0.2, -0.15) is 15.0 Å². The van der Waals surface area contributed by atoms with E-state index < -0.39 is 0 Å². The number of nitriles is 1. The lowest BCUT2D eigenvalue weighted by Gasteiger charge is -2.11. The molecule has 4 aromatic carbocycles. The average molecular weight is 610 g/mol. The zero-order valence-corrected chi connectivity index (χ0v) is 23.1. The second kappa shape index (κ2) is 10.8. The van der Waals surface area contributed by atoms with Crippen molar-refractivity contribution in [3.63, 3.8) is 0 Å². The van der Waals surface area contributed by atoms with E-state index in [1.54, 1.807) is 48.5 Å². The molecule has 194 valence electrons. The largest absolute Gasteiger partial charge is 0.488 e. The van der Waals surface area contributed by atoms with Gasteiger partial charge in [-0.25, -0.2) is 4.98 Å². The van der Waals surface area contributed by atoms with Gasteiger partial charge in [0.15, 0.2) is 5.76 Å². The summed E-state index contributed by atoms with van der Waals surface area (Å²) >= 11 is 9.78. The lowest BCUT2D eigenvalue weighted by molar-refractivity contribution is 0.305. The summed E-state index contributed by atoms with van der Waals surface area (Å²) in [5.74, 6) is 1.13. The van der Waals surface area contributed by atoms with Crippen molar-refractivity contribution in [2.45, 2.75) is 6.61 Å². The minimum Gasteiger partial charge on any atom is -0.488 e. The van der Waals surface area contributed by atoms with Crippen LogP contribution in [-0.2, 0) is 6.61 Å². The monoisotopic (exact) mass is 608 g/mol. The van der Waals surface area contributed by atoms with Crippen molar-refractivity contribution >= 4 is 55.6 Å². The van der Waals surface area contributed by atoms with Gasteiger partial charge in [-0.15, -0.1) is 0 Å². The highest BCUT2D eigenvalue weighted by molar-refractivity contribution is 9.10. The summed E-state index contributed by atoms with van der Waals surface area (Å²) in [4.78, 5) is 18.3. The van der Waals surface area contributed by atoms with Crippen LogP contribution in [0.2, 0.25) is 5.02 Å². The number of ether oxygens (including phenoxy) is 1. The Labute approximate surface area is 241 Å². The number of rotatable bonds is 6. The first-order valence-corrected chi connectivity index (χ1v) is 13.3. The molecular weight excluding hydrogens is 592 g/mol. The minimum atomic E-state index is -0.356. The number of furan rings is 1. The Balaban J connectivity index is 1.44. The van der Waals surface area contributed by atoms with Crippen molar-refractivity contribution < 1.29 is 9.15 Å². The van der Waals surface area contributed by atoms with E-state index in [1.807, 2.05) is 42.5 Å². The molecule has 2 aromatic heterocycles. The maximum Gasteiger partial charge on any atom is 0.282 e. The van der Waals surface area contributed by atoms with Crippen molar-refractivity contribution in [2.24, 2.45) is 5.10 Å². The predicted molar refractivity (Wildman–Crippen MR) is 159 cm³/mol. The Morgan fingerprint density at radius 2 is 1.88 bits per heavy atom. The van der Waals surface area contributed by atoms with Gasteiger partial charge < -0.3 is 9.15 Å². The molecule has 0 fully saturated rings. The Hall–Kier alpha value is -4.71. The number of nitrogens with zero attached hydrogens (tertiary/aromatic N) is 4. The molecule has 0 saturated carbocycles. The molecule has 2 heterocycles. The van der Waals surface area contributed by atoms with Crippen LogP contribution in [0.25, 0.3) is 33.5 Å². The van der Waals surface area contributed by atoms with Gasteiger partial charge in [-0.05, 0) is 60.7 Å². The molecule has 7 nitrogen and oxygen atoms in total. The topological polar surface area (TPSA) is 93.4 Å². The van der Waals surface area contributed by atoms with Crippen LogP contribution in [0.4, 0.5) is 0 Å². The fraction of sp³-hybridized carbons (Fsp3) is 0.0323. The number of halogens is 2. The summed E-state index contributed by atoms with van der Waals surface area (Å²) in [7, 11) is 0. The number of fused-ring (bicyclic) bond motifs is 2.